The van der Waals surface area contributed by atoms with Crippen molar-refractivity contribution in [2.75, 3.05) is 13.2 Å². The predicted molar refractivity (Wildman–Crippen MR) is 238 cm³/mol. The maximum atomic E-state index is 12.8. The molecule has 0 aromatic carbocycles. The van der Waals surface area contributed by atoms with Gasteiger partial charge < -0.3 is 14.2 Å². The first-order valence-corrected chi connectivity index (χ1v) is 24.8. The van der Waals surface area contributed by atoms with Crippen LogP contribution in [0.1, 0.15) is 272 Å². The molecule has 6 nitrogen and oxygen atoms in total. The first-order chi connectivity index (χ1) is 27.3. The van der Waals surface area contributed by atoms with Crippen molar-refractivity contribution < 1.29 is 28.6 Å². The van der Waals surface area contributed by atoms with Crippen molar-refractivity contribution in [1.82, 2.24) is 0 Å². The summed E-state index contributed by atoms with van der Waals surface area (Å²) in [4.78, 5) is 37.8. The second kappa shape index (κ2) is 43.0. The highest BCUT2D eigenvalue weighted by atomic mass is 16.6. The molecule has 0 radical (unpaired) electrons. The van der Waals surface area contributed by atoms with Crippen molar-refractivity contribution in [2.24, 2.45) is 11.8 Å². The highest BCUT2D eigenvalue weighted by Crippen LogP contribution is 2.17. The Morgan fingerprint density at radius 2 is 0.679 bits per heavy atom. The summed E-state index contributed by atoms with van der Waals surface area (Å²) in [5.74, 6) is 0.778. The lowest BCUT2D eigenvalue weighted by Gasteiger charge is -2.18. The van der Waals surface area contributed by atoms with Gasteiger partial charge in [0.15, 0.2) is 6.10 Å². The zero-order valence-electron chi connectivity index (χ0n) is 38.3. The van der Waals surface area contributed by atoms with Crippen LogP contribution in [0, 0.1) is 11.8 Å². The minimum Gasteiger partial charge on any atom is -0.462 e. The number of hydrogen-bond acceptors (Lipinski definition) is 6. The molecule has 0 fully saturated rings. The Labute approximate surface area is 348 Å². The molecule has 332 valence electrons. The van der Waals surface area contributed by atoms with Crippen LogP contribution in [0.2, 0.25) is 0 Å². The van der Waals surface area contributed by atoms with E-state index in [1.165, 1.54) is 161 Å². The van der Waals surface area contributed by atoms with E-state index in [1.54, 1.807) is 0 Å². The molecule has 0 saturated heterocycles. The molecular weight excluding hydrogens is 697 g/mol. The Balaban J connectivity index is 4.32. The average molecular weight is 793 g/mol. The van der Waals surface area contributed by atoms with E-state index < -0.39 is 6.10 Å². The lowest BCUT2D eigenvalue weighted by atomic mass is 10.00. The van der Waals surface area contributed by atoms with Gasteiger partial charge in [-0.3, -0.25) is 14.4 Å². The van der Waals surface area contributed by atoms with E-state index in [0.29, 0.717) is 19.3 Å². The summed E-state index contributed by atoms with van der Waals surface area (Å²) < 4.78 is 16.8. The molecule has 0 amide bonds. The largest absolute Gasteiger partial charge is 0.462 e. The second-order valence-corrected chi connectivity index (χ2v) is 17.8. The minimum atomic E-state index is -0.761. The summed E-state index contributed by atoms with van der Waals surface area (Å²) in [6.07, 6.45) is 42.3. The Bertz CT molecular complexity index is 856. The molecule has 0 N–H and O–H groups in total. The molecule has 0 bridgehead atoms. The third-order valence-corrected chi connectivity index (χ3v) is 11.6. The monoisotopic (exact) mass is 793 g/mol. The third kappa shape index (κ3) is 42.0. The summed E-state index contributed by atoms with van der Waals surface area (Å²) in [5.41, 5.74) is 0. The first kappa shape index (κ1) is 54.4. The van der Waals surface area contributed by atoms with Gasteiger partial charge >= 0.3 is 17.9 Å². The zero-order chi connectivity index (χ0) is 41.2. The van der Waals surface area contributed by atoms with E-state index in [4.69, 9.17) is 14.2 Å². The van der Waals surface area contributed by atoms with Gasteiger partial charge in [0.25, 0.3) is 0 Å². The number of unbranched alkanes of at least 4 members (excludes halogenated alkanes) is 28. The van der Waals surface area contributed by atoms with Gasteiger partial charge in [-0.1, -0.05) is 234 Å². The fourth-order valence-electron chi connectivity index (χ4n) is 7.43. The molecule has 0 spiro atoms. The van der Waals surface area contributed by atoms with Gasteiger partial charge in [-0.2, -0.15) is 0 Å². The van der Waals surface area contributed by atoms with Crippen LogP contribution in [0.25, 0.3) is 0 Å². The molecule has 0 aromatic rings. The van der Waals surface area contributed by atoms with Gasteiger partial charge in [0.1, 0.15) is 13.2 Å². The van der Waals surface area contributed by atoms with Gasteiger partial charge in [0.2, 0.25) is 0 Å². The van der Waals surface area contributed by atoms with Crippen LogP contribution < -0.4 is 0 Å². The van der Waals surface area contributed by atoms with Crippen molar-refractivity contribution in [1.29, 1.82) is 0 Å². The van der Waals surface area contributed by atoms with Crippen molar-refractivity contribution in [3.8, 4) is 0 Å². The molecule has 0 aliphatic heterocycles. The topological polar surface area (TPSA) is 78.9 Å². The minimum absolute atomic E-state index is 0.0650. The summed E-state index contributed by atoms with van der Waals surface area (Å²) in [7, 11) is 0. The third-order valence-electron chi connectivity index (χ3n) is 11.6. The van der Waals surface area contributed by atoms with Gasteiger partial charge in [-0.25, -0.2) is 0 Å². The maximum absolute atomic E-state index is 12.8. The summed E-state index contributed by atoms with van der Waals surface area (Å²) in [5, 5.41) is 0. The summed E-state index contributed by atoms with van der Waals surface area (Å²) in [6.45, 7) is 11.3. The molecule has 0 aromatic heterocycles. The second-order valence-electron chi connectivity index (χ2n) is 17.8. The van der Waals surface area contributed by atoms with E-state index in [0.717, 1.165) is 69.6 Å². The van der Waals surface area contributed by atoms with Crippen LogP contribution in [0.4, 0.5) is 0 Å². The first-order valence-electron chi connectivity index (χ1n) is 24.8. The van der Waals surface area contributed by atoms with Crippen LogP contribution in [-0.2, 0) is 28.6 Å². The molecule has 0 rings (SSSR count). The fourth-order valence-corrected chi connectivity index (χ4v) is 7.43. The molecule has 6 heteroatoms. The fraction of sp³-hybridized carbons (Fsp3) is 0.940. The number of carbonyl (C=O) groups excluding carboxylic acids is 3. The number of esters is 3. The Morgan fingerprint density at radius 3 is 1.02 bits per heavy atom. The molecular formula is C50H96O6. The van der Waals surface area contributed by atoms with Crippen LogP contribution in [0.3, 0.4) is 0 Å². The van der Waals surface area contributed by atoms with E-state index in [2.05, 4.69) is 34.6 Å². The SMILES string of the molecule is CCCCCCCCCCCCCCCCCC(=O)O[C@@H](COC(=O)CCCCCCCCCCCCC(C)C)COC(=O)CCCCCCCCC(C)CC. The molecule has 2 atom stereocenters. The Hall–Kier alpha value is -1.59. The lowest BCUT2D eigenvalue weighted by molar-refractivity contribution is -0.167. The smallest absolute Gasteiger partial charge is 0.306 e. The van der Waals surface area contributed by atoms with Gasteiger partial charge in [-0.15, -0.1) is 0 Å². The standard InChI is InChI=1S/C50H96O6/c1-6-8-9-10-11-12-13-14-15-16-17-22-25-32-37-42-50(53)56-47(44-55-49(52)41-36-31-27-26-29-34-39-46(5)7-2)43-54-48(51)40-35-30-24-21-19-18-20-23-28-33-38-45(3)4/h45-47H,6-44H2,1-5H3/t46?,47-/m0/s1. The Morgan fingerprint density at radius 1 is 0.375 bits per heavy atom. The molecule has 0 heterocycles. The van der Waals surface area contributed by atoms with Crippen molar-refractivity contribution >= 4 is 17.9 Å². The van der Waals surface area contributed by atoms with E-state index in [1.807, 2.05) is 0 Å². The van der Waals surface area contributed by atoms with E-state index in [9.17, 15) is 14.4 Å². The highest BCUT2D eigenvalue weighted by molar-refractivity contribution is 5.71. The number of carbonyl (C=O) groups is 3. The molecule has 0 aliphatic rings. The Kier molecular flexibility index (Phi) is 41.8. The van der Waals surface area contributed by atoms with Crippen molar-refractivity contribution in [3.05, 3.63) is 0 Å². The lowest BCUT2D eigenvalue weighted by Crippen LogP contribution is -2.30. The zero-order valence-corrected chi connectivity index (χ0v) is 38.3. The summed E-state index contributed by atoms with van der Waals surface area (Å²) >= 11 is 0. The van der Waals surface area contributed by atoms with E-state index in [-0.39, 0.29) is 31.1 Å². The molecule has 1 unspecified atom stereocenters. The quantitative estimate of drug-likeness (QED) is 0.0347. The molecule has 56 heavy (non-hydrogen) atoms. The normalized spacial score (nSPS) is 12.5. The van der Waals surface area contributed by atoms with Crippen LogP contribution >= 0.6 is 0 Å². The summed E-state index contributed by atoms with van der Waals surface area (Å²) in [6, 6.07) is 0. The van der Waals surface area contributed by atoms with Crippen LogP contribution in [0.5, 0.6) is 0 Å². The van der Waals surface area contributed by atoms with E-state index >= 15 is 0 Å². The maximum Gasteiger partial charge on any atom is 0.306 e. The van der Waals surface area contributed by atoms with Crippen LogP contribution in [0.15, 0.2) is 0 Å². The number of ether oxygens (including phenoxy) is 3. The molecule has 0 aliphatic carbocycles. The van der Waals surface area contributed by atoms with Gasteiger partial charge in [-0.05, 0) is 31.1 Å². The number of hydrogen-bond donors (Lipinski definition) is 0. The van der Waals surface area contributed by atoms with Crippen LogP contribution in [-0.4, -0.2) is 37.2 Å². The highest BCUT2D eigenvalue weighted by Gasteiger charge is 2.19. The molecule has 0 saturated carbocycles. The van der Waals surface area contributed by atoms with Gasteiger partial charge in [0.05, 0.1) is 0 Å². The van der Waals surface area contributed by atoms with Crippen molar-refractivity contribution in [2.45, 2.75) is 278 Å². The average Bonchev–Trinajstić information content (AvgIpc) is 3.18. The van der Waals surface area contributed by atoms with Crippen molar-refractivity contribution in [3.63, 3.8) is 0 Å². The van der Waals surface area contributed by atoms with Gasteiger partial charge in [0, 0.05) is 19.3 Å². The number of rotatable bonds is 44. The predicted octanol–water partition coefficient (Wildman–Crippen LogP) is 15.8.